The second-order valence-electron chi connectivity index (χ2n) is 4.81. The van der Waals surface area contributed by atoms with E-state index in [1.165, 1.54) is 0 Å². The molecule has 0 heterocycles. The van der Waals surface area contributed by atoms with Gasteiger partial charge in [-0.05, 0) is 26.7 Å². The molecule has 0 aliphatic heterocycles. The van der Waals surface area contributed by atoms with Crippen LogP contribution in [0.25, 0.3) is 0 Å². The normalized spacial score (nSPS) is 31.5. The molecule has 0 aromatic carbocycles. The summed E-state index contributed by atoms with van der Waals surface area (Å²) < 4.78 is -0.722. The van der Waals surface area contributed by atoms with Crippen molar-refractivity contribution in [1.82, 2.24) is 0 Å². The molecular weight excluding hydrogens is 211 g/mol. The first-order valence-electron chi connectivity index (χ1n) is 4.22. The average Bonchev–Trinajstić information content (AvgIpc) is 2.27. The highest BCUT2D eigenvalue weighted by molar-refractivity contribution is 6.51. The Labute approximate surface area is 88.2 Å². The van der Waals surface area contributed by atoms with Gasteiger partial charge >= 0.3 is 5.97 Å². The Morgan fingerprint density at radius 3 is 2.15 bits per heavy atom. The molecule has 4 heteroatoms. The molecule has 1 atom stereocenters. The van der Waals surface area contributed by atoms with Crippen molar-refractivity contribution in [2.75, 3.05) is 0 Å². The second-order valence-corrected chi connectivity index (χ2v) is 6.29. The van der Waals surface area contributed by atoms with Crippen LogP contribution in [0.1, 0.15) is 33.6 Å². The summed E-state index contributed by atoms with van der Waals surface area (Å²) in [4.78, 5) is 10.9. The Morgan fingerprint density at radius 2 is 1.92 bits per heavy atom. The van der Waals surface area contributed by atoms with Crippen LogP contribution < -0.4 is 0 Å². The van der Waals surface area contributed by atoms with Crippen molar-refractivity contribution >= 4 is 29.2 Å². The van der Waals surface area contributed by atoms with Crippen LogP contribution in [-0.4, -0.2) is 15.4 Å². The van der Waals surface area contributed by atoms with Gasteiger partial charge in [0, 0.05) is 5.41 Å². The fourth-order valence-corrected chi connectivity index (χ4v) is 2.41. The van der Waals surface area contributed by atoms with Crippen LogP contribution in [0, 0.1) is 10.8 Å². The van der Waals surface area contributed by atoms with Crippen molar-refractivity contribution < 1.29 is 9.90 Å². The van der Waals surface area contributed by atoms with E-state index in [1.807, 2.05) is 6.92 Å². The number of rotatable bonds is 3. The highest BCUT2D eigenvalue weighted by atomic mass is 35.5. The quantitative estimate of drug-likeness (QED) is 0.749. The molecule has 1 aliphatic carbocycles. The predicted octanol–water partition coefficient (Wildman–Crippen LogP) is 3.07. The molecule has 0 saturated heterocycles. The van der Waals surface area contributed by atoms with Crippen LogP contribution in [0.3, 0.4) is 0 Å². The van der Waals surface area contributed by atoms with Gasteiger partial charge < -0.3 is 5.11 Å². The summed E-state index contributed by atoms with van der Waals surface area (Å²) in [5, 5.41) is 8.92. The highest BCUT2D eigenvalue weighted by Gasteiger charge is 2.64. The lowest BCUT2D eigenvalue weighted by Crippen LogP contribution is -2.28. The minimum absolute atomic E-state index is 0.238. The van der Waals surface area contributed by atoms with Crippen molar-refractivity contribution in [2.45, 2.75) is 37.9 Å². The van der Waals surface area contributed by atoms with E-state index in [1.54, 1.807) is 13.8 Å². The molecule has 13 heavy (non-hydrogen) atoms. The summed E-state index contributed by atoms with van der Waals surface area (Å²) in [5.74, 6) is -0.801. The van der Waals surface area contributed by atoms with E-state index in [4.69, 9.17) is 28.3 Å². The maximum atomic E-state index is 10.9. The minimum atomic E-state index is -0.801. The van der Waals surface area contributed by atoms with Gasteiger partial charge in [-0.3, -0.25) is 4.79 Å². The molecule has 0 aromatic rings. The van der Waals surface area contributed by atoms with Crippen molar-refractivity contribution in [3.05, 3.63) is 0 Å². The minimum Gasteiger partial charge on any atom is -0.481 e. The fourth-order valence-electron chi connectivity index (χ4n) is 1.69. The van der Waals surface area contributed by atoms with Crippen LogP contribution in [-0.2, 0) is 4.79 Å². The van der Waals surface area contributed by atoms with Gasteiger partial charge in [-0.2, -0.15) is 0 Å². The molecule has 1 rings (SSSR count). The van der Waals surface area contributed by atoms with E-state index < -0.39 is 15.7 Å². The first-order chi connectivity index (χ1) is 5.61. The lowest BCUT2D eigenvalue weighted by Gasteiger charge is -2.24. The lowest BCUT2D eigenvalue weighted by atomic mass is 9.82. The molecule has 76 valence electrons. The van der Waals surface area contributed by atoms with Gasteiger partial charge in [0.15, 0.2) is 0 Å². The van der Waals surface area contributed by atoms with E-state index >= 15 is 0 Å². The largest absolute Gasteiger partial charge is 0.481 e. The Hall–Kier alpha value is 0.0500. The van der Waals surface area contributed by atoms with Crippen molar-refractivity contribution in [3.8, 4) is 0 Å². The van der Waals surface area contributed by atoms with Crippen LogP contribution >= 0.6 is 23.2 Å². The maximum Gasteiger partial charge on any atom is 0.309 e. The molecule has 1 fully saturated rings. The average molecular weight is 225 g/mol. The number of halogens is 2. The number of carboxylic acid groups (broad SMARTS) is 1. The monoisotopic (exact) mass is 224 g/mol. The van der Waals surface area contributed by atoms with E-state index in [0.29, 0.717) is 12.8 Å². The lowest BCUT2D eigenvalue weighted by molar-refractivity contribution is -0.148. The summed E-state index contributed by atoms with van der Waals surface area (Å²) >= 11 is 11.9. The van der Waals surface area contributed by atoms with Crippen LogP contribution in [0.4, 0.5) is 0 Å². The van der Waals surface area contributed by atoms with E-state index in [2.05, 4.69) is 0 Å². The van der Waals surface area contributed by atoms with Gasteiger partial charge in [-0.15, -0.1) is 23.2 Å². The second kappa shape index (κ2) is 2.77. The first-order valence-corrected chi connectivity index (χ1v) is 4.98. The number of hydrogen-bond donors (Lipinski definition) is 1. The summed E-state index contributed by atoms with van der Waals surface area (Å²) in [5.41, 5.74) is -0.988. The first kappa shape index (κ1) is 11.1. The number of hydrogen-bond acceptors (Lipinski definition) is 1. The van der Waals surface area contributed by atoms with E-state index in [-0.39, 0.29) is 5.41 Å². The van der Waals surface area contributed by atoms with Gasteiger partial charge in [0.25, 0.3) is 0 Å². The number of carbonyl (C=O) groups is 1. The van der Waals surface area contributed by atoms with Crippen LogP contribution in [0.5, 0.6) is 0 Å². The van der Waals surface area contributed by atoms with Crippen LogP contribution in [0.15, 0.2) is 0 Å². The van der Waals surface area contributed by atoms with Gasteiger partial charge in [0.2, 0.25) is 0 Å². The predicted molar refractivity (Wildman–Crippen MR) is 53.2 cm³/mol. The highest BCUT2D eigenvalue weighted by Crippen LogP contribution is 2.67. The zero-order valence-corrected chi connectivity index (χ0v) is 9.54. The standard InChI is InChI=1S/C9H14Cl2O2/c1-7(2,6(12)13)4-8(3)5-9(8,10)11/h4-5H2,1-3H3,(H,12,13). The Morgan fingerprint density at radius 1 is 1.54 bits per heavy atom. The van der Waals surface area contributed by atoms with Gasteiger partial charge in [0.1, 0.15) is 4.33 Å². The third-order valence-corrected chi connectivity index (χ3v) is 3.96. The van der Waals surface area contributed by atoms with Crippen molar-refractivity contribution in [3.63, 3.8) is 0 Å². The van der Waals surface area contributed by atoms with Gasteiger partial charge in [-0.1, -0.05) is 6.92 Å². The van der Waals surface area contributed by atoms with Gasteiger partial charge in [0.05, 0.1) is 5.41 Å². The summed E-state index contributed by atoms with van der Waals surface area (Å²) in [6.45, 7) is 5.32. The van der Waals surface area contributed by atoms with Crippen molar-refractivity contribution in [1.29, 1.82) is 0 Å². The summed E-state index contributed by atoms with van der Waals surface area (Å²) in [6.07, 6.45) is 1.20. The SMILES string of the molecule is CC(C)(CC1(C)CC1(Cl)Cl)C(=O)O. The number of alkyl halides is 2. The molecule has 0 radical (unpaired) electrons. The molecular formula is C9H14Cl2O2. The van der Waals surface area contributed by atoms with Gasteiger partial charge in [-0.25, -0.2) is 0 Å². The zero-order chi connectivity index (χ0) is 10.5. The van der Waals surface area contributed by atoms with Crippen LogP contribution in [0.2, 0.25) is 0 Å². The smallest absolute Gasteiger partial charge is 0.309 e. The summed E-state index contributed by atoms with van der Waals surface area (Å²) in [6, 6.07) is 0. The molecule has 0 bridgehead atoms. The third kappa shape index (κ3) is 1.94. The molecule has 0 amide bonds. The number of carboxylic acids is 1. The molecule has 0 spiro atoms. The number of aliphatic carboxylic acids is 1. The summed E-state index contributed by atoms with van der Waals surface area (Å²) in [7, 11) is 0. The molecule has 1 N–H and O–H groups in total. The van der Waals surface area contributed by atoms with E-state index in [9.17, 15) is 4.79 Å². The molecule has 0 aromatic heterocycles. The Balaban J connectivity index is 2.66. The third-order valence-electron chi connectivity index (χ3n) is 2.78. The van der Waals surface area contributed by atoms with Crippen molar-refractivity contribution in [2.24, 2.45) is 10.8 Å². The maximum absolute atomic E-state index is 10.9. The zero-order valence-electron chi connectivity index (χ0n) is 8.03. The molecule has 1 saturated carbocycles. The Kier molecular flexibility index (Phi) is 2.37. The Bertz CT molecular complexity index is 248. The molecule has 1 unspecified atom stereocenters. The molecule has 2 nitrogen and oxygen atoms in total. The van der Waals surface area contributed by atoms with E-state index in [0.717, 1.165) is 0 Å². The fraction of sp³-hybridized carbons (Fsp3) is 0.889. The molecule has 1 aliphatic rings. The topological polar surface area (TPSA) is 37.3 Å².